The van der Waals surface area contributed by atoms with Gasteiger partial charge in [-0.15, -0.1) is 0 Å². The summed E-state index contributed by atoms with van der Waals surface area (Å²) in [4.78, 5) is 11.4. The molecule has 102 valence electrons. The lowest BCUT2D eigenvalue weighted by atomic mass is 10.1. The van der Waals surface area contributed by atoms with Crippen molar-refractivity contribution in [2.24, 2.45) is 0 Å². The zero-order valence-electron chi connectivity index (χ0n) is 12.0. The van der Waals surface area contributed by atoms with Crippen molar-refractivity contribution >= 4 is 6.09 Å². The summed E-state index contributed by atoms with van der Waals surface area (Å²) in [6.07, 6.45) is 0.509. The number of amides is 1. The van der Waals surface area contributed by atoms with Crippen LogP contribution in [0.1, 0.15) is 38.8 Å². The average Bonchev–Trinajstić information content (AvgIpc) is 2.33. The van der Waals surface area contributed by atoms with Crippen LogP contribution in [0.2, 0.25) is 0 Å². The van der Waals surface area contributed by atoms with Crippen LogP contribution in [0.25, 0.3) is 0 Å². The lowest BCUT2D eigenvalue weighted by Gasteiger charge is -2.19. The Labute approximate surface area is 115 Å². The van der Waals surface area contributed by atoms with Gasteiger partial charge in [-0.1, -0.05) is 37.0 Å². The summed E-state index contributed by atoms with van der Waals surface area (Å²) in [7, 11) is 0. The highest BCUT2D eigenvalue weighted by Crippen LogP contribution is 2.07. The Balaban J connectivity index is 2.50. The van der Waals surface area contributed by atoms with E-state index < -0.39 is 11.7 Å². The van der Waals surface area contributed by atoms with Crippen LogP contribution in [0.15, 0.2) is 24.3 Å². The number of hydrogen-bond donors (Lipinski definition) is 1. The van der Waals surface area contributed by atoms with Crippen molar-refractivity contribution < 1.29 is 9.53 Å². The summed E-state index contributed by atoms with van der Waals surface area (Å²) in [5.74, 6) is 5.99. The van der Waals surface area contributed by atoms with E-state index in [1.54, 1.807) is 0 Å². The average molecular weight is 259 g/mol. The molecule has 0 radical (unpaired) electrons. The molecular formula is C16H21NO2. The number of carbonyl (C=O) groups is 1. The van der Waals surface area contributed by atoms with Crippen molar-refractivity contribution in [1.29, 1.82) is 0 Å². The highest BCUT2D eigenvalue weighted by atomic mass is 16.6. The zero-order chi connectivity index (χ0) is 14.3. The number of nitrogens with one attached hydrogen (secondary N) is 1. The molecule has 3 nitrogen and oxygen atoms in total. The van der Waals surface area contributed by atoms with Gasteiger partial charge in [0, 0.05) is 5.56 Å². The molecule has 1 aromatic carbocycles. The van der Waals surface area contributed by atoms with E-state index in [1.807, 2.05) is 39.0 Å². The molecule has 0 spiro atoms. The van der Waals surface area contributed by atoms with Crippen LogP contribution in [0.3, 0.4) is 0 Å². The molecule has 1 rings (SSSR count). The van der Waals surface area contributed by atoms with E-state index >= 15 is 0 Å². The van der Waals surface area contributed by atoms with Crippen LogP contribution < -0.4 is 5.32 Å². The Morgan fingerprint density at radius 1 is 1.32 bits per heavy atom. The van der Waals surface area contributed by atoms with Gasteiger partial charge in [0.25, 0.3) is 0 Å². The minimum absolute atomic E-state index is 0.285. The number of aryl methyl sites for hydroxylation is 1. The van der Waals surface area contributed by atoms with Gasteiger partial charge in [-0.3, -0.25) is 0 Å². The molecule has 0 atom stereocenters. The highest BCUT2D eigenvalue weighted by molar-refractivity contribution is 5.68. The maximum Gasteiger partial charge on any atom is 0.408 e. The summed E-state index contributed by atoms with van der Waals surface area (Å²) in [5.41, 5.74) is 1.75. The zero-order valence-corrected chi connectivity index (χ0v) is 12.0. The molecule has 0 fully saturated rings. The predicted molar refractivity (Wildman–Crippen MR) is 76.9 cm³/mol. The van der Waals surface area contributed by atoms with Gasteiger partial charge in [0.05, 0.1) is 6.54 Å². The first kappa shape index (κ1) is 15.1. The second-order valence-corrected chi connectivity index (χ2v) is 5.17. The fourth-order valence-electron chi connectivity index (χ4n) is 1.52. The normalized spacial score (nSPS) is 10.3. The van der Waals surface area contributed by atoms with E-state index in [2.05, 4.69) is 30.1 Å². The van der Waals surface area contributed by atoms with Crippen LogP contribution in [0.4, 0.5) is 4.79 Å². The van der Waals surface area contributed by atoms with Gasteiger partial charge in [-0.25, -0.2) is 4.79 Å². The van der Waals surface area contributed by atoms with Gasteiger partial charge < -0.3 is 10.1 Å². The third-order valence-corrected chi connectivity index (χ3v) is 2.34. The molecule has 0 aliphatic carbocycles. The summed E-state index contributed by atoms with van der Waals surface area (Å²) in [6, 6.07) is 8.01. The van der Waals surface area contributed by atoms with Gasteiger partial charge in [-0.2, -0.15) is 0 Å². The van der Waals surface area contributed by atoms with E-state index in [1.165, 1.54) is 5.56 Å². The van der Waals surface area contributed by atoms with Crippen LogP contribution in [-0.4, -0.2) is 18.2 Å². The summed E-state index contributed by atoms with van der Waals surface area (Å²) < 4.78 is 5.12. The van der Waals surface area contributed by atoms with Gasteiger partial charge in [0.1, 0.15) is 5.60 Å². The summed E-state index contributed by atoms with van der Waals surface area (Å²) in [5, 5.41) is 2.61. The predicted octanol–water partition coefficient (Wildman–Crippen LogP) is 3.13. The molecule has 0 aromatic heterocycles. The van der Waals surface area contributed by atoms with Gasteiger partial charge >= 0.3 is 6.09 Å². The lowest BCUT2D eigenvalue weighted by Crippen LogP contribution is -2.32. The molecule has 19 heavy (non-hydrogen) atoms. The van der Waals surface area contributed by atoms with Crippen molar-refractivity contribution in [2.75, 3.05) is 6.54 Å². The number of ether oxygens (including phenoxy) is 1. The Morgan fingerprint density at radius 3 is 2.63 bits per heavy atom. The summed E-state index contributed by atoms with van der Waals surface area (Å²) in [6.45, 7) is 7.87. The largest absolute Gasteiger partial charge is 0.444 e. The third-order valence-electron chi connectivity index (χ3n) is 2.34. The summed E-state index contributed by atoms with van der Waals surface area (Å²) >= 11 is 0. The minimum atomic E-state index is -0.480. The quantitative estimate of drug-likeness (QED) is 0.829. The molecule has 3 heteroatoms. The molecule has 0 heterocycles. The van der Waals surface area contributed by atoms with Crippen molar-refractivity contribution in [3.63, 3.8) is 0 Å². The van der Waals surface area contributed by atoms with Crippen molar-refractivity contribution in [2.45, 2.75) is 39.7 Å². The fourth-order valence-corrected chi connectivity index (χ4v) is 1.52. The smallest absolute Gasteiger partial charge is 0.408 e. The number of carbonyl (C=O) groups excluding carboxylic acids is 1. The van der Waals surface area contributed by atoms with Crippen LogP contribution in [-0.2, 0) is 11.2 Å². The van der Waals surface area contributed by atoms with Gasteiger partial charge in [0.2, 0.25) is 0 Å². The molecule has 1 amide bonds. The first-order chi connectivity index (χ1) is 8.92. The Kier molecular flexibility index (Phi) is 5.44. The van der Waals surface area contributed by atoms with E-state index in [-0.39, 0.29) is 6.54 Å². The van der Waals surface area contributed by atoms with E-state index in [9.17, 15) is 4.79 Å². The molecule has 0 unspecified atom stereocenters. The van der Waals surface area contributed by atoms with E-state index in [0.717, 1.165) is 12.0 Å². The van der Waals surface area contributed by atoms with Crippen LogP contribution >= 0.6 is 0 Å². The molecule has 0 saturated carbocycles. The number of rotatable bonds is 2. The standard InChI is InChI=1S/C16H21NO2/c1-5-13-9-6-7-10-14(13)11-8-12-17-15(18)19-16(2,3)4/h6-7,9-10H,5,12H2,1-4H3,(H,17,18). The molecule has 0 saturated heterocycles. The van der Waals surface area contributed by atoms with Crippen molar-refractivity contribution in [1.82, 2.24) is 5.32 Å². The maximum atomic E-state index is 11.4. The third kappa shape index (κ3) is 5.96. The monoisotopic (exact) mass is 259 g/mol. The Hall–Kier alpha value is -1.95. The second kappa shape index (κ2) is 6.84. The molecule has 1 N–H and O–H groups in total. The Morgan fingerprint density at radius 2 is 2.00 bits per heavy atom. The van der Waals surface area contributed by atoms with Crippen molar-refractivity contribution in [3.05, 3.63) is 35.4 Å². The minimum Gasteiger partial charge on any atom is -0.444 e. The molecule has 1 aromatic rings. The van der Waals surface area contributed by atoms with Crippen molar-refractivity contribution in [3.8, 4) is 11.8 Å². The lowest BCUT2D eigenvalue weighted by molar-refractivity contribution is 0.0535. The van der Waals surface area contributed by atoms with Gasteiger partial charge in [0.15, 0.2) is 0 Å². The molecule has 0 aliphatic rings. The number of hydrogen-bond acceptors (Lipinski definition) is 2. The van der Waals surface area contributed by atoms with Gasteiger partial charge in [-0.05, 0) is 38.8 Å². The number of benzene rings is 1. The molecular weight excluding hydrogens is 238 g/mol. The highest BCUT2D eigenvalue weighted by Gasteiger charge is 2.14. The molecule has 0 aliphatic heterocycles. The second-order valence-electron chi connectivity index (χ2n) is 5.17. The first-order valence-electron chi connectivity index (χ1n) is 6.46. The van der Waals surface area contributed by atoms with E-state index in [4.69, 9.17) is 4.74 Å². The fraction of sp³-hybridized carbons (Fsp3) is 0.438. The SMILES string of the molecule is CCc1ccccc1C#CCNC(=O)OC(C)(C)C. The maximum absolute atomic E-state index is 11.4. The first-order valence-corrected chi connectivity index (χ1v) is 6.46. The topological polar surface area (TPSA) is 38.3 Å². The molecule has 0 bridgehead atoms. The van der Waals surface area contributed by atoms with Crippen LogP contribution in [0, 0.1) is 11.8 Å². The van der Waals surface area contributed by atoms with E-state index in [0.29, 0.717) is 0 Å². The van der Waals surface area contributed by atoms with Crippen LogP contribution in [0.5, 0.6) is 0 Å². The number of alkyl carbamates (subject to hydrolysis) is 1. The Bertz CT molecular complexity index is 489.